The second-order valence-electron chi connectivity index (χ2n) is 4.64. The van der Waals surface area contributed by atoms with Gasteiger partial charge in [0.1, 0.15) is 12.1 Å². The predicted octanol–water partition coefficient (Wildman–Crippen LogP) is 3.48. The van der Waals surface area contributed by atoms with E-state index in [1.54, 1.807) is 23.1 Å². The van der Waals surface area contributed by atoms with Gasteiger partial charge in [-0.3, -0.25) is 0 Å². The molecule has 2 aromatic carbocycles. The normalized spacial score (nSPS) is 10.8. The van der Waals surface area contributed by atoms with Gasteiger partial charge in [-0.15, -0.1) is 0 Å². The quantitative estimate of drug-likeness (QED) is 0.738. The molecule has 106 valence electrons. The Bertz CT molecular complexity index is 768. The summed E-state index contributed by atoms with van der Waals surface area (Å²) in [6.07, 6.45) is 1.66. The molecule has 4 nitrogen and oxygen atoms in total. The Labute approximate surface area is 129 Å². The van der Waals surface area contributed by atoms with E-state index >= 15 is 0 Å². The molecule has 0 saturated carbocycles. The third-order valence-electron chi connectivity index (χ3n) is 3.03. The Morgan fingerprint density at radius 1 is 1.14 bits per heavy atom. The van der Waals surface area contributed by atoms with Crippen molar-refractivity contribution in [2.45, 2.75) is 6.54 Å². The molecule has 3 aromatic rings. The monoisotopic (exact) mass is 346 g/mol. The second kappa shape index (κ2) is 5.65. The van der Waals surface area contributed by atoms with Crippen LogP contribution in [0.1, 0.15) is 5.56 Å². The topological polar surface area (TPSA) is 56.7 Å². The molecule has 0 atom stereocenters. The number of hydrogen-bond acceptors (Lipinski definition) is 3. The van der Waals surface area contributed by atoms with Crippen LogP contribution >= 0.6 is 15.9 Å². The van der Waals surface area contributed by atoms with Gasteiger partial charge >= 0.3 is 0 Å². The van der Waals surface area contributed by atoms with E-state index in [0.29, 0.717) is 22.5 Å². The van der Waals surface area contributed by atoms with Crippen molar-refractivity contribution in [3.05, 3.63) is 64.6 Å². The van der Waals surface area contributed by atoms with Gasteiger partial charge in [-0.1, -0.05) is 6.07 Å². The molecule has 0 aliphatic carbocycles. The van der Waals surface area contributed by atoms with E-state index in [1.165, 1.54) is 6.07 Å². The van der Waals surface area contributed by atoms with Crippen molar-refractivity contribution >= 4 is 21.6 Å². The smallest absolute Gasteiger partial charge is 0.181 e. The van der Waals surface area contributed by atoms with Crippen molar-refractivity contribution < 1.29 is 4.39 Å². The molecule has 6 heteroatoms. The summed E-state index contributed by atoms with van der Waals surface area (Å²) < 4.78 is 15.4. The summed E-state index contributed by atoms with van der Waals surface area (Å²) in [6, 6.07) is 12.3. The van der Waals surface area contributed by atoms with Crippen LogP contribution in [0.4, 0.5) is 10.1 Å². The maximum Gasteiger partial charge on any atom is 0.181 e. The largest absolute Gasteiger partial charge is 0.399 e. The molecular weight excluding hydrogens is 335 g/mol. The highest BCUT2D eigenvalue weighted by Crippen LogP contribution is 2.19. The van der Waals surface area contributed by atoms with E-state index in [-0.39, 0.29) is 5.82 Å². The SMILES string of the molecule is Nc1ccc(-c2ncn(Cc3ccc(F)c(Br)c3)n2)cc1. The number of anilines is 1. The fourth-order valence-electron chi connectivity index (χ4n) is 1.96. The lowest BCUT2D eigenvalue weighted by molar-refractivity contribution is 0.617. The van der Waals surface area contributed by atoms with Crippen LogP contribution in [0.25, 0.3) is 11.4 Å². The third-order valence-corrected chi connectivity index (χ3v) is 3.64. The van der Waals surface area contributed by atoms with Crippen molar-refractivity contribution in [2.24, 2.45) is 0 Å². The fraction of sp³-hybridized carbons (Fsp3) is 0.0667. The highest BCUT2D eigenvalue weighted by Gasteiger charge is 2.06. The molecule has 0 saturated heterocycles. The highest BCUT2D eigenvalue weighted by atomic mass is 79.9. The van der Waals surface area contributed by atoms with Gasteiger partial charge in [0.05, 0.1) is 11.0 Å². The van der Waals surface area contributed by atoms with Crippen molar-refractivity contribution in [1.82, 2.24) is 14.8 Å². The van der Waals surface area contributed by atoms with Crippen LogP contribution in [0.5, 0.6) is 0 Å². The molecule has 0 unspecified atom stereocenters. The van der Waals surface area contributed by atoms with E-state index in [2.05, 4.69) is 26.0 Å². The van der Waals surface area contributed by atoms with Crippen LogP contribution in [0.3, 0.4) is 0 Å². The number of hydrogen-bond donors (Lipinski definition) is 1. The summed E-state index contributed by atoms with van der Waals surface area (Å²) in [5.41, 5.74) is 8.21. The van der Waals surface area contributed by atoms with Crippen molar-refractivity contribution in [3.8, 4) is 11.4 Å². The molecule has 21 heavy (non-hydrogen) atoms. The lowest BCUT2D eigenvalue weighted by atomic mass is 10.2. The first-order valence-corrected chi connectivity index (χ1v) is 7.10. The second-order valence-corrected chi connectivity index (χ2v) is 5.49. The number of nitrogen functional groups attached to an aromatic ring is 1. The zero-order valence-corrected chi connectivity index (χ0v) is 12.6. The summed E-state index contributed by atoms with van der Waals surface area (Å²) in [5, 5.41) is 4.41. The molecular formula is C15H12BrFN4. The number of halogens is 2. The van der Waals surface area contributed by atoms with Crippen molar-refractivity contribution in [3.63, 3.8) is 0 Å². The number of benzene rings is 2. The maximum absolute atomic E-state index is 13.2. The lowest BCUT2D eigenvalue weighted by Gasteiger charge is -2.02. The van der Waals surface area contributed by atoms with Gasteiger partial charge in [0.15, 0.2) is 5.82 Å². The van der Waals surface area contributed by atoms with Crippen molar-refractivity contribution in [1.29, 1.82) is 0 Å². The Morgan fingerprint density at radius 3 is 2.62 bits per heavy atom. The predicted molar refractivity (Wildman–Crippen MR) is 83.1 cm³/mol. The molecule has 0 amide bonds. The fourth-order valence-corrected chi connectivity index (χ4v) is 2.39. The van der Waals surface area contributed by atoms with Gasteiger partial charge in [-0.05, 0) is 57.9 Å². The summed E-state index contributed by atoms with van der Waals surface area (Å²) >= 11 is 3.18. The van der Waals surface area contributed by atoms with Gasteiger partial charge in [0.25, 0.3) is 0 Å². The average Bonchev–Trinajstić information content (AvgIpc) is 2.92. The van der Waals surface area contributed by atoms with Gasteiger partial charge in [0, 0.05) is 11.3 Å². The number of nitrogens with zero attached hydrogens (tertiary/aromatic N) is 3. The summed E-state index contributed by atoms with van der Waals surface area (Å²) in [5.74, 6) is 0.357. The third kappa shape index (κ3) is 3.11. The number of rotatable bonds is 3. The summed E-state index contributed by atoms with van der Waals surface area (Å²) in [6.45, 7) is 0.529. The van der Waals surface area contributed by atoms with Crippen LogP contribution < -0.4 is 5.73 Å². The Balaban J connectivity index is 1.81. The minimum absolute atomic E-state index is 0.278. The van der Waals surface area contributed by atoms with Crippen molar-refractivity contribution in [2.75, 3.05) is 5.73 Å². The van der Waals surface area contributed by atoms with Crippen LogP contribution in [0.15, 0.2) is 53.3 Å². The molecule has 1 heterocycles. The van der Waals surface area contributed by atoms with Gasteiger partial charge < -0.3 is 5.73 Å². The maximum atomic E-state index is 13.2. The Hall–Kier alpha value is -2.21. The zero-order chi connectivity index (χ0) is 14.8. The first-order valence-electron chi connectivity index (χ1n) is 6.31. The van der Waals surface area contributed by atoms with E-state index in [9.17, 15) is 4.39 Å². The zero-order valence-electron chi connectivity index (χ0n) is 11.0. The van der Waals surface area contributed by atoms with Crippen LogP contribution in [-0.4, -0.2) is 14.8 Å². The van der Waals surface area contributed by atoms with E-state index in [0.717, 1.165) is 11.1 Å². The van der Waals surface area contributed by atoms with Crippen LogP contribution in [0.2, 0.25) is 0 Å². The van der Waals surface area contributed by atoms with Crippen LogP contribution in [-0.2, 0) is 6.54 Å². The van der Waals surface area contributed by atoms with Crippen LogP contribution in [0, 0.1) is 5.82 Å². The average molecular weight is 347 g/mol. The molecule has 0 fully saturated rings. The van der Waals surface area contributed by atoms with E-state index in [4.69, 9.17) is 5.73 Å². The van der Waals surface area contributed by atoms with Gasteiger partial charge in [-0.2, -0.15) is 5.10 Å². The highest BCUT2D eigenvalue weighted by molar-refractivity contribution is 9.10. The molecule has 0 aliphatic rings. The molecule has 1 aromatic heterocycles. The molecule has 0 spiro atoms. The first kappa shape index (κ1) is 13.8. The lowest BCUT2D eigenvalue weighted by Crippen LogP contribution is -2.00. The Kier molecular flexibility index (Phi) is 3.70. The molecule has 0 bridgehead atoms. The minimum atomic E-state index is -0.278. The molecule has 0 radical (unpaired) electrons. The van der Waals surface area contributed by atoms with E-state index < -0.39 is 0 Å². The first-order chi connectivity index (χ1) is 10.1. The molecule has 0 aliphatic heterocycles. The Morgan fingerprint density at radius 2 is 1.90 bits per heavy atom. The molecule has 3 rings (SSSR count). The standard InChI is InChI=1S/C15H12BrFN4/c16-13-7-10(1-6-14(13)17)8-21-9-19-15(20-21)11-2-4-12(18)5-3-11/h1-7,9H,8,18H2. The molecule has 2 N–H and O–H groups in total. The number of aromatic nitrogens is 3. The van der Waals surface area contributed by atoms with E-state index in [1.807, 2.05) is 24.3 Å². The summed E-state index contributed by atoms with van der Waals surface area (Å²) in [4.78, 5) is 4.28. The number of nitrogens with two attached hydrogens (primary N) is 1. The minimum Gasteiger partial charge on any atom is -0.399 e. The van der Waals surface area contributed by atoms with Gasteiger partial charge in [0.2, 0.25) is 0 Å². The summed E-state index contributed by atoms with van der Waals surface area (Å²) in [7, 11) is 0. The van der Waals surface area contributed by atoms with Gasteiger partial charge in [-0.25, -0.2) is 14.1 Å².